The predicted molar refractivity (Wildman–Crippen MR) is 104 cm³/mol. The molecular weight excluding hydrogens is 376 g/mol. The molecule has 3 N–H and O–H groups in total. The number of carbonyl (C=O) groups is 1. The first kappa shape index (κ1) is 21.5. The minimum absolute atomic E-state index is 0.177. The molecule has 1 fully saturated rings. The molecule has 1 aliphatic rings. The van der Waals surface area contributed by atoms with Crippen LogP contribution in [0.4, 0.5) is 0 Å². The summed E-state index contributed by atoms with van der Waals surface area (Å²) in [6.45, 7) is 2.52. The normalized spacial score (nSPS) is 17.2. The maximum atomic E-state index is 11.6. The van der Waals surface area contributed by atoms with Crippen molar-refractivity contribution < 1.29 is 19.9 Å². The minimum atomic E-state index is -1.30. The Morgan fingerprint density at radius 3 is 2.46 bits per heavy atom. The molecule has 0 aliphatic carbocycles. The monoisotopic (exact) mass is 401 g/mol. The van der Waals surface area contributed by atoms with Crippen LogP contribution in [-0.2, 0) is 11.3 Å². The second-order valence-corrected chi connectivity index (χ2v) is 7.89. The lowest BCUT2D eigenvalue weighted by Gasteiger charge is -2.34. The van der Waals surface area contributed by atoms with E-state index >= 15 is 0 Å². The topological polar surface area (TPSA) is 81.0 Å². The Labute approximate surface area is 165 Å². The summed E-state index contributed by atoms with van der Waals surface area (Å²) < 4.78 is 0. The molecule has 0 aromatic heterocycles. The van der Waals surface area contributed by atoms with Crippen LogP contribution in [-0.4, -0.2) is 46.2 Å². The number of piperidine rings is 1. The summed E-state index contributed by atoms with van der Waals surface area (Å²) in [5.74, 6) is -0.910. The molecule has 1 saturated heterocycles. The van der Waals surface area contributed by atoms with E-state index in [0.717, 1.165) is 38.0 Å². The standard InChI is InChI=1S/C18H26BCl2NO4/c20-16-5-4-13(11-17(16)21)12-22-9-6-14(7-10-22)15(18(23)24)3-1-2-8-19(25)26/h4-5,11,14-15,25-26H,1-3,6-10,12H2,(H,23,24). The molecule has 0 radical (unpaired) electrons. The number of unbranched alkanes of at least 4 members (excludes halogenated alkanes) is 1. The average Bonchev–Trinajstić information content (AvgIpc) is 2.58. The third-order valence-electron chi connectivity index (χ3n) is 5.14. The Bertz CT molecular complexity index is 595. The zero-order valence-electron chi connectivity index (χ0n) is 14.8. The van der Waals surface area contributed by atoms with E-state index in [1.807, 2.05) is 12.1 Å². The molecule has 0 saturated carbocycles. The van der Waals surface area contributed by atoms with Gasteiger partial charge in [0.15, 0.2) is 0 Å². The first-order valence-electron chi connectivity index (χ1n) is 9.12. The van der Waals surface area contributed by atoms with Gasteiger partial charge in [0.05, 0.1) is 16.0 Å². The van der Waals surface area contributed by atoms with Gasteiger partial charge >= 0.3 is 13.1 Å². The zero-order chi connectivity index (χ0) is 19.1. The highest BCUT2D eigenvalue weighted by Gasteiger charge is 2.31. The molecule has 5 nitrogen and oxygen atoms in total. The van der Waals surface area contributed by atoms with Gasteiger partial charge in [0.1, 0.15) is 0 Å². The number of nitrogens with zero attached hydrogens (tertiary/aromatic N) is 1. The molecule has 144 valence electrons. The van der Waals surface area contributed by atoms with Crippen molar-refractivity contribution in [3.63, 3.8) is 0 Å². The highest BCUT2D eigenvalue weighted by Crippen LogP contribution is 2.30. The van der Waals surface area contributed by atoms with Crippen molar-refractivity contribution in [2.75, 3.05) is 13.1 Å². The van der Waals surface area contributed by atoms with Gasteiger partial charge in [-0.1, -0.05) is 42.1 Å². The van der Waals surface area contributed by atoms with E-state index in [9.17, 15) is 9.90 Å². The van der Waals surface area contributed by atoms with Crippen molar-refractivity contribution in [2.45, 2.75) is 45.0 Å². The third-order valence-corrected chi connectivity index (χ3v) is 5.88. The Hall–Kier alpha value is -0.785. The van der Waals surface area contributed by atoms with Crippen LogP contribution >= 0.6 is 23.2 Å². The molecule has 1 aliphatic heterocycles. The SMILES string of the molecule is O=C(O)C(CCCCB(O)O)C1CCN(Cc2ccc(Cl)c(Cl)c2)CC1. The summed E-state index contributed by atoms with van der Waals surface area (Å²) >= 11 is 12.0. The number of hydrogen-bond acceptors (Lipinski definition) is 4. The minimum Gasteiger partial charge on any atom is -0.481 e. The Balaban J connectivity index is 1.80. The largest absolute Gasteiger partial charge is 0.481 e. The fraction of sp³-hybridized carbons (Fsp3) is 0.611. The predicted octanol–water partition coefficient (Wildman–Crippen LogP) is 3.55. The Morgan fingerprint density at radius 1 is 1.19 bits per heavy atom. The van der Waals surface area contributed by atoms with Gasteiger partial charge < -0.3 is 15.2 Å². The number of benzene rings is 1. The van der Waals surface area contributed by atoms with Crippen molar-refractivity contribution in [3.05, 3.63) is 33.8 Å². The number of aliphatic carboxylic acids is 1. The smallest absolute Gasteiger partial charge is 0.451 e. The van der Waals surface area contributed by atoms with Gasteiger partial charge in [0.2, 0.25) is 0 Å². The lowest BCUT2D eigenvalue weighted by atomic mass is 9.79. The van der Waals surface area contributed by atoms with Gasteiger partial charge in [0, 0.05) is 6.54 Å². The fourth-order valence-corrected chi connectivity index (χ4v) is 3.98. The van der Waals surface area contributed by atoms with Crippen LogP contribution in [0.2, 0.25) is 16.4 Å². The quantitative estimate of drug-likeness (QED) is 0.435. The molecule has 2 rings (SSSR count). The van der Waals surface area contributed by atoms with Crippen molar-refractivity contribution in [3.8, 4) is 0 Å². The molecule has 1 unspecified atom stereocenters. The van der Waals surface area contributed by atoms with Crippen molar-refractivity contribution in [1.29, 1.82) is 0 Å². The van der Waals surface area contributed by atoms with Gasteiger partial charge in [-0.25, -0.2) is 0 Å². The van der Waals surface area contributed by atoms with E-state index in [0.29, 0.717) is 35.6 Å². The second-order valence-electron chi connectivity index (χ2n) is 7.07. The molecule has 0 spiro atoms. The van der Waals surface area contributed by atoms with E-state index in [-0.39, 0.29) is 11.8 Å². The second kappa shape index (κ2) is 10.5. The lowest BCUT2D eigenvalue weighted by Crippen LogP contribution is -2.37. The summed E-state index contributed by atoms with van der Waals surface area (Å²) in [5.41, 5.74) is 1.11. The lowest BCUT2D eigenvalue weighted by molar-refractivity contribution is -0.144. The van der Waals surface area contributed by atoms with E-state index in [1.165, 1.54) is 0 Å². The number of halogens is 2. The highest BCUT2D eigenvalue weighted by atomic mass is 35.5. The Kier molecular flexibility index (Phi) is 8.71. The molecule has 1 aromatic rings. The van der Waals surface area contributed by atoms with E-state index < -0.39 is 13.1 Å². The van der Waals surface area contributed by atoms with Crippen LogP contribution in [0.25, 0.3) is 0 Å². The number of likely N-dealkylation sites (tertiary alicyclic amines) is 1. The van der Waals surface area contributed by atoms with E-state index in [2.05, 4.69) is 4.90 Å². The molecule has 8 heteroatoms. The number of rotatable bonds is 9. The third kappa shape index (κ3) is 6.74. The van der Waals surface area contributed by atoms with Gasteiger partial charge in [-0.05, 0) is 62.3 Å². The number of hydrogen-bond donors (Lipinski definition) is 3. The molecule has 1 atom stereocenters. The van der Waals surface area contributed by atoms with Crippen LogP contribution in [0.3, 0.4) is 0 Å². The summed E-state index contributed by atoms with van der Waals surface area (Å²) in [5, 5.41) is 28.4. The molecule has 0 bridgehead atoms. The first-order chi connectivity index (χ1) is 12.4. The zero-order valence-corrected chi connectivity index (χ0v) is 16.3. The van der Waals surface area contributed by atoms with Crippen LogP contribution in [0.1, 0.15) is 37.7 Å². The molecular formula is C18H26BCl2NO4. The molecule has 26 heavy (non-hydrogen) atoms. The maximum absolute atomic E-state index is 11.6. The fourth-order valence-electron chi connectivity index (χ4n) is 3.66. The van der Waals surface area contributed by atoms with Gasteiger partial charge in [-0.3, -0.25) is 9.69 Å². The van der Waals surface area contributed by atoms with Gasteiger partial charge in [-0.15, -0.1) is 0 Å². The van der Waals surface area contributed by atoms with Crippen molar-refractivity contribution in [1.82, 2.24) is 4.90 Å². The first-order valence-corrected chi connectivity index (χ1v) is 9.87. The van der Waals surface area contributed by atoms with Crippen molar-refractivity contribution in [2.24, 2.45) is 11.8 Å². The van der Waals surface area contributed by atoms with Crippen LogP contribution in [0, 0.1) is 11.8 Å². The van der Waals surface area contributed by atoms with Gasteiger partial charge in [-0.2, -0.15) is 0 Å². The maximum Gasteiger partial charge on any atom is 0.451 e. The summed E-state index contributed by atoms with van der Waals surface area (Å²) in [6.07, 6.45) is 3.96. The Morgan fingerprint density at radius 2 is 1.88 bits per heavy atom. The summed E-state index contributed by atoms with van der Waals surface area (Å²) in [4.78, 5) is 13.9. The van der Waals surface area contributed by atoms with Crippen LogP contribution in [0.15, 0.2) is 18.2 Å². The van der Waals surface area contributed by atoms with Crippen LogP contribution in [0.5, 0.6) is 0 Å². The summed E-state index contributed by atoms with van der Waals surface area (Å²) in [7, 11) is -1.30. The van der Waals surface area contributed by atoms with Crippen molar-refractivity contribution >= 4 is 36.3 Å². The average molecular weight is 402 g/mol. The molecule has 1 heterocycles. The van der Waals surface area contributed by atoms with E-state index in [4.69, 9.17) is 33.2 Å². The molecule has 1 aromatic carbocycles. The number of carboxylic acids is 1. The summed E-state index contributed by atoms with van der Waals surface area (Å²) in [6, 6.07) is 5.65. The van der Waals surface area contributed by atoms with Crippen LogP contribution < -0.4 is 0 Å². The number of carboxylic acid groups (broad SMARTS) is 1. The van der Waals surface area contributed by atoms with E-state index in [1.54, 1.807) is 6.07 Å². The van der Waals surface area contributed by atoms with Gasteiger partial charge in [0.25, 0.3) is 0 Å². The highest BCUT2D eigenvalue weighted by molar-refractivity contribution is 6.42. The molecule has 0 amide bonds.